The van der Waals surface area contributed by atoms with Crippen LogP contribution in [-0.4, -0.2) is 11.6 Å². The molecule has 25 heavy (non-hydrogen) atoms. The summed E-state index contributed by atoms with van der Waals surface area (Å²) in [5.74, 6) is 2.77. The fourth-order valence-corrected chi connectivity index (χ4v) is 6.22. The number of carbonyl (C=O) groups excluding carboxylic acids is 1. The molecule has 4 aliphatic carbocycles. The highest BCUT2D eigenvalue weighted by Crippen LogP contribution is 2.61. The summed E-state index contributed by atoms with van der Waals surface area (Å²) in [5.41, 5.74) is 7.55. The molecule has 0 aliphatic heterocycles. The van der Waals surface area contributed by atoms with Crippen LogP contribution in [0.5, 0.6) is 0 Å². The molecule has 4 fully saturated rings. The number of aryl methyl sites for hydroxylation is 2. The van der Waals surface area contributed by atoms with Crippen molar-refractivity contribution in [3.8, 4) is 0 Å². The predicted octanol–water partition coefficient (Wildman–Crippen LogP) is 4.75. The van der Waals surface area contributed by atoms with Gasteiger partial charge in [-0.1, -0.05) is 17.7 Å². The topological polar surface area (TPSA) is 41.5 Å². The first-order chi connectivity index (χ1) is 11.9. The molecule has 4 saturated carbocycles. The van der Waals surface area contributed by atoms with Gasteiger partial charge in [-0.15, -0.1) is 0 Å². The molecule has 4 aliphatic rings. The van der Waals surface area contributed by atoms with Crippen molar-refractivity contribution in [2.24, 2.45) is 28.3 Å². The highest BCUT2D eigenvalue weighted by molar-refractivity contribution is 6.00. The van der Waals surface area contributed by atoms with Gasteiger partial charge in [0.15, 0.2) is 0 Å². The minimum Gasteiger partial charge on any atom is -0.273 e. The lowest BCUT2D eigenvalue weighted by Gasteiger charge is -2.56. The van der Waals surface area contributed by atoms with Gasteiger partial charge in [-0.2, -0.15) is 5.10 Å². The number of hydrogen-bond donors (Lipinski definition) is 1. The van der Waals surface area contributed by atoms with Crippen molar-refractivity contribution in [2.45, 2.75) is 65.7 Å². The maximum absolute atomic E-state index is 12.6. The Morgan fingerprint density at radius 3 is 2.32 bits per heavy atom. The van der Waals surface area contributed by atoms with E-state index in [1.165, 1.54) is 49.7 Å². The molecule has 5 rings (SSSR count). The van der Waals surface area contributed by atoms with Crippen LogP contribution in [0.3, 0.4) is 0 Å². The molecule has 1 amide bonds. The Hall–Kier alpha value is -1.64. The van der Waals surface area contributed by atoms with Gasteiger partial charge in [-0.25, -0.2) is 5.43 Å². The van der Waals surface area contributed by atoms with Gasteiger partial charge in [0, 0.05) is 12.0 Å². The second kappa shape index (κ2) is 6.26. The minimum atomic E-state index is 0.103. The third-order valence-electron chi connectivity index (χ3n) is 6.83. The van der Waals surface area contributed by atoms with E-state index in [1.54, 1.807) is 0 Å². The number of nitrogens with one attached hydrogen (secondary N) is 1. The first kappa shape index (κ1) is 16.8. The zero-order chi connectivity index (χ0) is 17.6. The van der Waals surface area contributed by atoms with Crippen LogP contribution in [0.25, 0.3) is 0 Å². The van der Waals surface area contributed by atoms with Gasteiger partial charge in [0.2, 0.25) is 5.91 Å². The van der Waals surface area contributed by atoms with Crippen molar-refractivity contribution < 1.29 is 4.79 Å². The van der Waals surface area contributed by atoms with Gasteiger partial charge >= 0.3 is 0 Å². The zero-order valence-electron chi connectivity index (χ0n) is 15.8. The molecule has 3 heteroatoms. The largest absolute Gasteiger partial charge is 0.273 e. The van der Waals surface area contributed by atoms with Crippen LogP contribution in [0.15, 0.2) is 23.3 Å². The summed E-state index contributed by atoms with van der Waals surface area (Å²) in [4.78, 5) is 12.6. The Kier molecular flexibility index (Phi) is 4.21. The van der Waals surface area contributed by atoms with Gasteiger partial charge in [0.05, 0.1) is 5.71 Å². The van der Waals surface area contributed by atoms with E-state index in [4.69, 9.17) is 0 Å². The fourth-order valence-electron chi connectivity index (χ4n) is 6.22. The van der Waals surface area contributed by atoms with Gasteiger partial charge in [0.25, 0.3) is 0 Å². The van der Waals surface area contributed by atoms with Crippen LogP contribution in [0.1, 0.15) is 68.6 Å². The van der Waals surface area contributed by atoms with Gasteiger partial charge in [0.1, 0.15) is 0 Å². The van der Waals surface area contributed by atoms with Crippen molar-refractivity contribution in [1.82, 2.24) is 5.43 Å². The van der Waals surface area contributed by atoms with E-state index in [1.807, 2.05) is 6.92 Å². The molecule has 1 aromatic carbocycles. The molecule has 1 N–H and O–H groups in total. The molecule has 1 aromatic rings. The first-order valence-corrected chi connectivity index (χ1v) is 9.83. The monoisotopic (exact) mass is 338 g/mol. The van der Waals surface area contributed by atoms with Gasteiger partial charge in [-0.05, 0) is 94.1 Å². The average molecular weight is 338 g/mol. The molecule has 0 heterocycles. The summed E-state index contributed by atoms with van der Waals surface area (Å²) < 4.78 is 0. The summed E-state index contributed by atoms with van der Waals surface area (Å²) in [7, 11) is 0. The fraction of sp³-hybridized carbons (Fsp3) is 0.636. The summed E-state index contributed by atoms with van der Waals surface area (Å²) in [6.07, 6.45) is 8.74. The molecule has 4 bridgehead atoms. The third-order valence-corrected chi connectivity index (χ3v) is 6.83. The Morgan fingerprint density at radius 1 is 1.12 bits per heavy atom. The lowest BCUT2D eigenvalue weighted by atomic mass is 9.49. The van der Waals surface area contributed by atoms with Crippen molar-refractivity contribution >= 4 is 11.6 Å². The van der Waals surface area contributed by atoms with E-state index >= 15 is 0 Å². The molecule has 0 saturated heterocycles. The third kappa shape index (κ3) is 3.38. The Morgan fingerprint density at radius 2 is 1.72 bits per heavy atom. The Bertz CT molecular complexity index is 683. The molecule has 3 nitrogen and oxygen atoms in total. The highest BCUT2D eigenvalue weighted by Gasteiger charge is 2.51. The highest BCUT2D eigenvalue weighted by atomic mass is 16.2. The smallest absolute Gasteiger partial charge is 0.240 e. The molecule has 0 atom stereocenters. The van der Waals surface area contributed by atoms with Crippen molar-refractivity contribution in [2.75, 3.05) is 0 Å². The Labute approximate surface area is 151 Å². The number of rotatable bonds is 4. The number of hydrogen-bond acceptors (Lipinski definition) is 2. The van der Waals surface area contributed by atoms with Crippen LogP contribution in [0.2, 0.25) is 0 Å². The molecular formula is C22H30N2O. The average Bonchev–Trinajstić information content (AvgIpc) is 2.53. The zero-order valence-corrected chi connectivity index (χ0v) is 15.8. The standard InChI is InChI=1S/C22H30N2O/c1-14-4-5-15(2)20(6-14)16(3)23-24-21(25)13-22-10-17-7-18(11-22)9-19(8-17)12-22/h4-6,17-19H,7-13H2,1-3H3,(H,24,25)/b23-16+. The number of nitrogens with zero attached hydrogens (tertiary/aromatic N) is 1. The van der Waals surface area contributed by atoms with E-state index < -0.39 is 0 Å². The lowest BCUT2D eigenvalue weighted by molar-refractivity contribution is -0.129. The normalized spacial score (nSPS) is 33.6. The number of amides is 1. The molecule has 0 aromatic heterocycles. The van der Waals surface area contributed by atoms with Crippen LogP contribution in [-0.2, 0) is 4.79 Å². The summed E-state index contributed by atoms with van der Waals surface area (Å²) in [5, 5.41) is 4.41. The lowest BCUT2D eigenvalue weighted by Crippen LogP contribution is -2.47. The molecule has 134 valence electrons. The quantitative estimate of drug-likeness (QED) is 0.625. The van der Waals surface area contributed by atoms with E-state index in [-0.39, 0.29) is 11.3 Å². The number of hydrazone groups is 1. The second-order valence-corrected chi connectivity index (χ2v) is 9.14. The van der Waals surface area contributed by atoms with Gasteiger partial charge < -0.3 is 0 Å². The van der Waals surface area contributed by atoms with Crippen LogP contribution >= 0.6 is 0 Å². The van der Waals surface area contributed by atoms with E-state index in [2.05, 4.69) is 42.6 Å². The first-order valence-electron chi connectivity index (χ1n) is 9.83. The predicted molar refractivity (Wildman–Crippen MR) is 101 cm³/mol. The van der Waals surface area contributed by atoms with Crippen molar-refractivity contribution in [3.05, 3.63) is 34.9 Å². The molecule has 0 unspecified atom stereocenters. The van der Waals surface area contributed by atoms with Crippen LogP contribution in [0, 0.1) is 37.0 Å². The summed E-state index contributed by atoms with van der Waals surface area (Å²) in [6, 6.07) is 6.36. The maximum atomic E-state index is 12.6. The number of benzene rings is 1. The Balaban J connectivity index is 1.42. The molecule has 0 spiro atoms. The molecular weight excluding hydrogens is 308 g/mol. The molecule has 0 radical (unpaired) electrons. The van der Waals surface area contributed by atoms with E-state index in [0.717, 1.165) is 29.0 Å². The van der Waals surface area contributed by atoms with E-state index in [0.29, 0.717) is 6.42 Å². The van der Waals surface area contributed by atoms with E-state index in [9.17, 15) is 4.79 Å². The van der Waals surface area contributed by atoms with Gasteiger partial charge in [-0.3, -0.25) is 4.79 Å². The summed E-state index contributed by atoms with van der Waals surface area (Å²) >= 11 is 0. The number of carbonyl (C=O) groups is 1. The SMILES string of the molecule is C/C(=N\NC(=O)CC12CC3CC(CC(C3)C1)C2)c1cc(C)ccc1C. The van der Waals surface area contributed by atoms with Crippen molar-refractivity contribution in [3.63, 3.8) is 0 Å². The second-order valence-electron chi connectivity index (χ2n) is 9.14. The van der Waals surface area contributed by atoms with Crippen molar-refractivity contribution in [1.29, 1.82) is 0 Å². The van der Waals surface area contributed by atoms with Crippen LogP contribution < -0.4 is 5.43 Å². The van der Waals surface area contributed by atoms with Crippen LogP contribution in [0.4, 0.5) is 0 Å². The minimum absolute atomic E-state index is 0.103. The summed E-state index contributed by atoms with van der Waals surface area (Å²) in [6.45, 7) is 6.15. The maximum Gasteiger partial charge on any atom is 0.240 e.